The number of aromatic nitrogens is 1. The standard InChI is InChI=1S/C15H26N2O2S/c1-7-19-13(18)15(5,6)12-9-20-14(17-12)16-11(4)8-10(2)3/h9-11H,7-8H2,1-6H3,(H,16,17). The van der Waals surface area contributed by atoms with E-state index in [1.807, 2.05) is 26.2 Å². The van der Waals surface area contributed by atoms with Crippen LogP contribution in [0.15, 0.2) is 5.38 Å². The summed E-state index contributed by atoms with van der Waals surface area (Å²) in [6.07, 6.45) is 1.09. The molecule has 1 heterocycles. The Hall–Kier alpha value is -1.10. The van der Waals surface area contributed by atoms with E-state index in [0.29, 0.717) is 18.6 Å². The first kappa shape index (κ1) is 17.0. The molecule has 0 aliphatic rings. The van der Waals surface area contributed by atoms with Crippen LogP contribution in [0, 0.1) is 5.92 Å². The number of esters is 1. The number of hydrogen-bond donors (Lipinski definition) is 1. The van der Waals surface area contributed by atoms with E-state index >= 15 is 0 Å². The summed E-state index contributed by atoms with van der Waals surface area (Å²) < 4.78 is 5.11. The number of nitrogens with one attached hydrogen (secondary N) is 1. The van der Waals surface area contributed by atoms with Crippen molar-refractivity contribution < 1.29 is 9.53 Å². The number of ether oxygens (including phenoxy) is 1. The third-order valence-electron chi connectivity index (χ3n) is 3.13. The Bertz CT molecular complexity index is 441. The van der Waals surface area contributed by atoms with E-state index < -0.39 is 5.41 Å². The van der Waals surface area contributed by atoms with Gasteiger partial charge in [0.25, 0.3) is 0 Å². The number of hydrogen-bond acceptors (Lipinski definition) is 5. The number of carbonyl (C=O) groups is 1. The van der Waals surface area contributed by atoms with E-state index in [9.17, 15) is 4.79 Å². The van der Waals surface area contributed by atoms with Crippen LogP contribution < -0.4 is 5.32 Å². The summed E-state index contributed by atoms with van der Waals surface area (Å²) in [5.41, 5.74) is 0.0634. The van der Waals surface area contributed by atoms with E-state index in [4.69, 9.17) is 4.74 Å². The summed E-state index contributed by atoms with van der Waals surface area (Å²) in [5.74, 6) is 0.417. The van der Waals surface area contributed by atoms with Gasteiger partial charge >= 0.3 is 5.97 Å². The largest absolute Gasteiger partial charge is 0.465 e. The summed E-state index contributed by atoms with van der Waals surface area (Å²) in [6, 6.07) is 0.375. The lowest BCUT2D eigenvalue weighted by Crippen LogP contribution is -2.31. The lowest BCUT2D eigenvalue weighted by molar-refractivity contribution is -0.148. The highest BCUT2D eigenvalue weighted by molar-refractivity contribution is 7.13. The molecule has 0 saturated heterocycles. The van der Waals surface area contributed by atoms with Crippen LogP contribution >= 0.6 is 11.3 Å². The molecule has 1 N–H and O–H groups in total. The van der Waals surface area contributed by atoms with Crippen LogP contribution in [-0.4, -0.2) is 23.6 Å². The van der Waals surface area contributed by atoms with Crippen LogP contribution in [0.5, 0.6) is 0 Å². The van der Waals surface area contributed by atoms with E-state index in [1.54, 1.807) is 0 Å². The van der Waals surface area contributed by atoms with Crippen LogP contribution in [0.3, 0.4) is 0 Å². The third kappa shape index (κ3) is 4.47. The van der Waals surface area contributed by atoms with Crippen molar-refractivity contribution in [1.29, 1.82) is 0 Å². The first-order chi connectivity index (χ1) is 9.27. The zero-order valence-electron chi connectivity index (χ0n) is 13.3. The van der Waals surface area contributed by atoms with Crippen molar-refractivity contribution in [3.05, 3.63) is 11.1 Å². The average Bonchev–Trinajstić information content (AvgIpc) is 2.77. The molecule has 1 aromatic rings. The van der Waals surface area contributed by atoms with Gasteiger partial charge in [0.15, 0.2) is 5.13 Å². The Morgan fingerprint density at radius 1 is 1.45 bits per heavy atom. The van der Waals surface area contributed by atoms with Gasteiger partial charge in [-0.15, -0.1) is 11.3 Å². The van der Waals surface area contributed by atoms with Crippen LogP contribution in [0.2, 0.25) is 0 Å². The fourth-order valence-electron chi connectivity index (χ4n) is 2.02. The molecule has 5 heteroatoms. The van der Waals surface area contributed by atoms with Gasteiger partial charge in [-0.05, 0) is 40.0 Å². The lowest BCUT2D eigenvalue weighted by atomic mass is 9.90. The highest BCUT2D eigenvalue weighted by Crippen LogP contribution is 2.29. The van der Waals surface area contributed by atoms with Crippen molar-refractivity contribution >= 4 is 22.4 Å². The van der Waals surface area contributed by atoms with Crippen LogP contribution in [0.4, 0.5) is 5.13 Å². The fraction of sp³-hybridized carbons (Fsp3) is 0.733. The maximum atomic E-state index is 12.0. The van der Waals surface area contributed by atoms with Gasteiger partial charge < -0.3 is 10.1 Å². The predicted octanol–water partition coefficient (Wildman–Crippen LogP) is 3.83. The summed E-state index contributed by atoms with van der Waals surface area (Å²) in [5, 5.41) is 6.19. The number of rotatable bonds is 7. The lowest BCUT2D eigenvalue weighted by Gasteiger charge is -2.20. The maximum absolute atomic E-state index is 12.0. The van der Waals surface area contributed by atoms with E-state index in [1.165, 1.54) is 11.3 Å². The fourth-order valence-corrected chi connectivity index (χ4v) is 3.01. The van der Waals surface area contributed by atoms with E-state index in [2.05, 4.69) is 31.1 Å². The van der Waals surface area contributed by atoms with Crippen molar-refractivity contribution in [1.82, 2.24) is 4.98 Å². The van der Waals surface area contributed by atoms with Crippen molar-refractivity contribution in [3.8, 4) is 0 Å². The molecular weight excluding hydrogens is 272 g/mol. The molecular formula is C15H26N2O2S. The minimum atomic E-state index is -0.701. The number of anilines is 1. The Morgan fingerprint density at radius 2 is 2.10 bits per heavy atom. The Labute approximate surface area is 125 Å². The predicted molar refractivity (Wildman–Crippen MR) is 84.3 cm³/mol. The SMILES string of the molecule is CCOC(=O)C(C)(C)c1csc(NC(C)CC(C)C)n1. The first-order valence-electron chi connectivity index (χ1n) is 7.17. The molecule has 4 nitrogen and oxygen atoms in total. The molecule has 0 aliphatic heterocycles. The summed E-state index contributed by atoms with van der Waals surface area (Å²) in [4.78, 5) is 16.5. The maximum Gasteiger partial charge on any atom is 0.317 e. The Kier molecular flexibility index (Phi) is 5.99. The van der Waals surface area contributed by atoms with Crippen molar-refractivity contribution in [2.75, 3.05) is 11.9 Å². The van der Waals surface area contributed by atoms with Gasteiger partial charge in [-0.3, -0.25) is 4.79 Å². The minimum Gasteiger partial charge on any atom is -0.465 e. The van der Waals surface area contributed by atoms with Crippen LogP contribution in [0.1, 0.15) is 53.7 Å². The Balaban J connectivity index is 2.73. The minimum absolute atomic E-state index is 0.230. The van der Waals surface area contributed by atoms with E-state index in [-0.39, 0.29) is 5.97 Å². The van der Waals surface area contributed by atoms with Crippen molar-refractivity contribution in [3.63, 3.8) is 0 Å². The molecule has 0 amide bonds. The number of thiazole rings is 1. The highest BCUT2D eigenvalue weighted by Gasteiger charge is 2.34. The molecule has 1 aromatic heterocycles. The molecule has 0 fully saturated rings. The summed E-state index contributed by atoms with van der Waals surface area (Å²) in [6.45, 7) is 12.5. The van der Waals surface area contributed by atoms with Gasteiger partial charge in [-0.25, -0.2) is 4.98 Å². The number of carbonyl (C=O) groups excluding carboxylic acids is 1. The third-order valence-corrected chi connectivity index (χ3v) is 3.90. The first-order valence-corrected chi connectivity index (χ1v) is 8.05. The van der Waals surface area contributed by atoms with Crippen molar-refractivity contribution in [2.24, 2.45) is 5.92 Å². The molecule has 0 radical (unpaired) electrons. The molecule has 20 heavy (non-hydrogen) atoms. The Morgan fingerprint density at radius 3 is 2.65 bits per heavy atom. The molecule has 1 atom stereocenters. The van der Waals surface area contributed by atoms with Gasteiger partial charge in [0.2, 0.25) is 0 Å². The molecule has 1 rings (SSSR count). The molecule has 0 aromatic carbocycles. The molecule has 0 bridgehead atoms. The molecule has 1 unspecified atom stereocenters. The van der Waals surface area contributed by atoms with Crippen LogP contribution in [0.25, 0.3) is 0 Å². The highest BCUT2D eigenvalue weighted by atomic mass is 32.1. The smallest absolute Gasteiger partial charge is 0.317 e. The van der Waals surface area contributed by atoms with Gasteiger partial charge in [-0.1, -0.05) is 13.8 Å². The monoisotopic (exact) mass is 298 g/mol. The second kappa shape index (κ2) is 7.07. The number of nitrogens with zero attached hydrogens (tertiary/aromatic N) is 1. The molecule has 0 spiro atoms. The van der Waals surface area contributed by atoms with Gasteiger partial charge in [0.05, 0.1) is 12.3 Å². The normalized spacial score (nSPS) is 13.3. The second-order valence-electron chi connectivity index (χ2n) is 6.06. The zero-order valence-corrected chi connectivity index (χ0v) is 14.1. The van der Waals surface area contributed by atoms with Gasteiger partial charge in [0.1, 0.15) is 5.41 Å². The van der Waals surface area contributed by atoms with Gasteiger partial charge in [-0.2, -0.15) is 0 Å². The van der Waals surface area contributed by atoms with E-state index in [0.717, 1.165) is 17.2 Å². The molecule has 0 aliphatic carbocycles. The zero-order chi connectivity index (χ0) is 15.3. The summed E-state index contributed by atoms with van der Waals surface area (Å²) in [7, 11) is 0. The van der Waals surface area contributed by atoms with Gasteiger partial charge in [0, 0.05) is 11.4 Å². The van der Waals surface area contributed by atoms with Crippen LogP contribution in [-0.2, 0) is 14.9 Å². The average molecular weight is 298 g/mol. The van der Waals surface area contributed by atoms with Crippen molar-refractivity contribution in [2.45, 2.75) is 59.4 Å². The molecule has 114 valence electrons. The summed E-state index contributed by atoms with van der Waals surface area (Å²) >= 11 is 1.54. The quantitative estimate of drug-likeness (QED) is 0.777. The topological polar surface area (TPSA) is 51.2 Å². The molecule has 0 saturated carbocycles. The second-order valence-corrected chi connectivity index (χ2v) is 6.92.